The Morgan fingerprint density at radius 3 is 2.67 bits per heavy atom. The molecule has 8 heteroatoms. The Bertz CT molecular complexity index is 845. The quantitative estimate of drug-likeness (QED) is 0.828. The van der Waals surface area contributed by atoms with E-state index in [0.717, 1.165) is 12.8 Å². The lowest BCUT2D eigenvalue weighted by molar-refractivity contribution is 0.0691. The highest BCUT2D eigenvalue weighted by Crippen LogP contribution is 2.27. The summed E-state index contributed by atoms with van der Waals surface area (Å²) >= 11 is 0. The van der Waals surface area contributed by atoms with Gasteiger partial charge in [-0.3, -0.25) is 9.59 Å². The number of nitrogens with zero attached hydrogens (tertiary/aromatic N) is 2. The predicted octanol–water partition coefficient (Wildman–Crippen LogP) is 1.53. The van der Waals surface area contributed by atoms with E-state index in [2.05, 4.69) is 15.2 Å². The van der Waals surface area contributed by atoms with Gasteiger partial charge in [-0.25, -0.2) is 9.89 Å². The van der Waals surface area contributed by atoms with Crippen molar-refractivity contribution in [3.63, 3.8) is 0 Å². The Labute approximate surface area is 138 Å². The number of hydrogen-bond donors (Lipinski definition) is 2. The van der Waals surface area contributed by atoms with Crippen LogP contribution >= 0.6 is 0 Å². The van der Waals surface area contributed by atoms with Crippen LogP contribution in [0.1, 0.15) is 63.7 Å². The van der Waals surface area contributed by atoms with Crippen molar-refractivity contribution < 1.29 is 14.0 Å². The van der Waals surface area contributed by atoms with Gasteiger partial charge in [0, 0.05) is 24.3 Å². The highest BCUT2D eigenvalue weighted by Gasteiger charge is 2.30. The van der Waals surface area contributed by atoms with Gasteiger partial charge in [0.25, 0.3) is 5.91 Å². The number of nitrogens with one attached hydrogen (secondary N) is 2. The number of likely N-dealkylation sites (tertiary alicyclic amines) is 1. The van der Waals surface area contributed by atoms with E-state index in [1.165, 1.54) is 6.92 Å². The highest BCUT2D eigenvalue weighted by atomic mass is 16.4. The Morgan fingerprint density at radius 1 is 1.33 bits per heavy atom. The molecular formula is C16H20N4O4. The Kier molecular flexibility index (Phi) is 4.13. The minimum Gasteiger partial charge on any atom is -0.392 e. The molecule has 1 aliphatic rings. The number of carbonyl (C=O) groups is 2. The maximum atomic E-state index is 12.9. The SMILES string of the molecule is CC(=O)c1c(C)[nH]c(C(=O)N2CCCC(c3n[nH]c(=O)o3)C2)c1C. The summed E-state index contributed by atoms with van der Waals surface area (Å²) in [4.78, 5) is 40.5. The molecule has 0 bridgehead atoms. The fourth-order valence-corrected chi connectivity index (χ4v) is 3.43. The normalized spacial score (nSPS) is 18.0. The molecule has 1 amide bonds. The molecular weight excluding hydrogens is 312 g/mol. The summed E-state index contributed by atoms with van der Waals surface area (Å²) in [5.74, 6) is -0.567. The lowest BCUT2D eigenvalue weighted by Crippen LogP contribution is -2.39. The summed E-state index contributed by atoms with van der Waals surface area (Å²) in [6.07, 6.45) is 1.60. The van der Waals surface area contributed by atoms with Gasteiger partial charge in [-0.05, 0) is 39.2 Å². The van der Waals surface area contributed by atoms with Gasteiger partial charge in [-0.1, -0.05) is 0 Å². The third-order valence-corrected chi connectivity index (χ3v) is 4.52. The molecule has 3 heterocycles. The maximum Gasteiger partial charge on any atom is 0.434 e. The lowest BCUT2D eigenvalue weighted by atomic mass is 9.97. The van der Waals surface area contributed by atoms with Crippen LogP contribution in [-0.4, -0.2) is 44.9 Å². The average molecular weight is 332 g/mol. The van der Waals surface area contributed by atoms with Crippen LogP contribution in [0.25, 0.3) is 0 Å². The van der Waals surface area contributed by atoms with E-state index in [4.69, 9.17) is 4.42 Å². The Hall–Kier alpha value is -2.64. The van der Waals surface area contributed by atoms with E-state index < -0.39 is 5.76 Å². The Morgan fingerprint density at radius 2 is 2.08 bits per heavy atom. The molecule has 3 rings (SSSR count). The zero-order valence-corrected chi connectivity index (χ0v) is 13.9. The molecule has 128 valence electrons. The van der Waals surface area contributed by atoms with E-state index in [9.17, 15) is 14.4 Å². The van der Waals surface area contributed by atoms with Crippen LogP contribution in [0.15, 0.2) is 9.21 Å². The summed E-state index contributed by atoms with van der Waals surface area (Å²) < 4.78 is 5.02. The molecule has 1 fully saturated rings. The minimum atomic E-state index is -0.588. The number of aryl methyl sites for hydroxylation is 1. The number of amides is 1. The van der Waals surface area contributed by atoms with Gasteiger partial charge in [-0.2, -0.15) is 0 Å². The van der Waals surface area contributed by atoms with Crippen molar-refractivity contribution in [3.8, 4) is 0 Å². The number of carbonyl (C=O) groups excluding carboxylic acids is 2. The van der Waals surface area contributed by atoms with Crippen molar-refractivity contribution in [3.05, 3.63) is 39.0 Å². The first-order valence-electron chi connectivity index (χ1n) is 7.93. The second-order valence-electron chi connectivity index (χ2n) is 6.22. The van der Waals surface area contributed by atoms with Crippen LogP contribution in [0, 0.1) is 13.8 Å². The van der Waals surface area contributed by atoms with E-state index >= 15 is 0 Å². The molecule has 0 aliphatic carbocycles. The Balaban J connectivity index is 1.84. The summed E-state index contributed by atoms with van der Waals surface area (Å²) in [5.41, 5.74) is 2.40. The smallest absolute Gasteiger partial charge is 0.392 e. The number of aromatic amines is 2. The molecule has 2 N–H and O–H groups in total. The highest BCUT2D eigenvalue weighted by molar-refractivity contribution is 6.02. The van der Waals surface area contributed by atoms with E-state index in [1.807, 2.05) is 0 Å². The molecule has 1 unspecified atom stereocenters. The third kappa shape index (κ3) is 2.79. The van der Waals surface area contributed by atoms with Gasteiger partial charge in [0.05, 0.1) is 5.92 Å². The van der Waals surface area contributed by atoms with Gasteiger partial charge in [-0.15, -0.1) is 5.10 Å². The predicted molar refractivity (Wildman–Crippen MR) is 85.3 cm³/mol. The number of aromatic nitrogens is 3. The fraction of sp³-hybridized carbons (Fsp3) is 0.500. The molecule has 1 aliphatic heterocycles. The second-order valence-corrected chi connectivity index (χ2v) is 6.22. The first-order valence-corrected chi connectivity index (χ1v) is 7.93. The fourth-order valence-electron chi connectivity index (χ4n) is 3.43. The van der Waals surface area contributed by atoms with E-state index in [1.54, 1.807) is 18.7 Å². The van der Waals surface area contributed by atoms with E-state index in [0.29, 0.717) is 41.5 Å². The van der Waals surface area contributed by atoms with Crippen molar-refractivity contribution >= 4 is 11.7 Å². The van der Waals surface area contributed by atoms with Crippen molar-refractivity contribution in [1.29, 1.82) is 0 Å². The van der Waals surface area contributed by atoms with Crippen LogP contribution in [-0.2, 0) is 0 Å². The largest absolute Gasteiger partial charge is 0.434 e. The zero-order chi connectivity index (χ0) is 17.4. The second kappa shape index (κ2) is 6.10. The number of ketones is 1. The van der Waals surface area contributed by atoms with Crippen molar-refractivity contribution in [2.45, 2.75) is 39.5 Å². The summed E-state index contributed by atoms with van der Waals surface area (Å²) in [5, 5.41) is 6.13. The molecule has 24 heavy (non-hydrogen) atoms. The lowest BCUT2D eigenvalue weighted by Gasteiger charge is -2.31. The van der Waals surface area contributed by atoms with E-state index in [-0.39, 0.29) is 17.6 Å². The zero-order valence-electron chi connectivity index (χ0n) is 13.9. The van der Waals surface area contributed by atoms with Gasteiger partial charge in [0.15, 0.2) is 5.78 Å². The number of rotatable bonds is 3. The first kappa shape index (κ1) is 16.2. The molecule has 0 aromatic carbocycles. The van der Waals surface area contributed by atoms with Gasteiger partial charge in [0.2, 0.25) is 5.89 Å². The van der Waals surface area contributed by atoms with Gasteiger partial charge in [0.1, 0.15) is 5.69 Å². The van der Waals surface area contributed by atoms with Crippen molar-refractivity contribution in [2.24, 2.45) is 0 Å². The van der Waals surface area contributed by atoms with Crippen LogP contribution in [0.4, 0.5) is 0 Å². The molecule has 2 aromatic rings. The monoisotopic (exact) mass is 332 g/mol. The number of hydrogen-bond acceptors (Lipinski definition) is 5. The van der Waals surface area contributed by atoms with Gasteiger partial charge >= 0.3 is 5.76 Å². The van der Waals surface area contributed by atoms with Crippen LogP contribution in [0.2, 0.25) is 0 Å². The molecule has 8 nitrogen and oxygen atoms in total. The van der Waals surface area contributed by atoms with Crippen LogP contribution in [0.5, 0.6) is 0 Å². The van der Waals surface area contributed by atoms with Gasteiger partial charge < -0.3 is 14.3 Å². The molecule has 1 atom stereocenters. The number of piperidine rings is 1. The molecule has 2 aromatic heterocycles. The average Bonchev–Trinajstić information content (AvgIpc) is 3.10. The topological polar surface area (TPSA) is 112 Å². The third-order valence-electron chi connectivity index (χ3n) is 4.52. The summed E-state index contributed by atoms with van der Waals surface area (Å²) in [6, 6.07) is 0. The maximum absolute atomic E-state index is 12.9. The molecule has 1 saturated heterocycles. The van der Waals surface area contributed by atoms with Crippen molar-refractivity contribution in [1.82, 2.24) is 20.1 Å². The minimum absolute atomic E-state index is 0.0601. The van der Waals surface area contributed by atoms with Crippen LogP contribution < -0.4 is 5.76 Å². The first-order chi connectivity index (χ1) is 11.4. The van der Waals surface area contributed by atoms with Crippen molar-refractivity contribution in [2.75, 3.05) is 13.1 Å². The van der Waals surface area contributed by atoms with Crippen LogP contribution in [0.3, 0.4) is 0 Å². The number of H-pyrrole nitrogens is 2. The molecule has 0 saturated carbocycles. The standard InChI is InChI=1S/C16H20N4O4/c1-8-12(10(3)21)9(2)17-13(8)15(22)20-6-4-5-11(7-20)14-18-19-16(23)24-14/h11,17H,4-7H2,1-3H3,(H,19,23). The summed E-state index contributed by atoms with van der Waals surface area (Å²) in [6.45, 7) is 6.12. The number of Topliss-reactive ketones (excluding diaryl/α,β-unsaturated/α-hetero) is 1. The molecule has 0 spiro atoms. The summed E-state index contributed by atoms with van der Waals surface area (Å²) in [7, 11) is 0. The molecule has 0 radical (unpaired) electrons.